The topological polar surface area (TPSA) is 64.3 Å². The number of hydrogen-bond acceptors (Lipinski definition) is 5. The molecule has 0 aliphatic rings. The summed E-state index contributed by atoms with van der Waals surface area (Å²) in [5, 5.41) is 3.36. The molecule has 1 atom stereocenters. The second-order valence-electron chi connectivity index (χ2n) is 4.55. The minimum absolute atomic E-state index is 0.314. The molecule has 0 aliphatic heterocycles. The molecule has 1 unspecified atom stereocenters. The Bertz CT molecular complexity index is 438. The highest BCUT2D eigenvalue weighted by Gasteiger charge is 2.11. The molecule has 0 aromatic heterocycles. The van der Waals surface area contributed by atoms with Crippen LogP contribution in [0.5, 0.6) is 0 Å². The number of carbonyl (C=O) groups excluding carboxylic acids is 1. The Balaban J connectivity index is 2.68. The molecule has 0 radical (unpaired) electrons. The van der Waals surface area contributed by atoms with Crippen LogP contribution in [0.1, 0.15) is 37.6 Å². The van der Waals surface area contributed by atoms with E-state index in [1.54, 1.807) is 25.1 Å². The zero-order valence-corrected chi connectivity index (χ0v) is 13.3. The standard InChI is InChI=1S/C15H24N2O2S/c1-4-19-15(18)12-6-7-13(16)14(10-12)17-11(3)8-9-20-5-2/h6-7,10-11,17H,4-5,8-9,16H2,1-3H3. The van der Waals surface area contributed by atoms with Gasteiger partial charge in [0, 0.05) is 6.04 Å². The number of hydrogen-bond donors (Lipinski definition) is 2. The minimum Gasteiger partial charge on any atom is -0.462 e. The number of esters is 1. The summed E-state index contributed by atoms with van der Waals surface area (Å²) in [6.45, 7) is 6.44. The lowest BCUT2D eigenvalue weighted by atomic mass is 10.1. The molecule has 5 heteroatoms. The molecule has 112 valence electrons. The zero-order chi connectivity index (χ0) is 15.0. The third kappa shape index (κ3) is 5.33. The van der Waals surface area contributed by atoms with Crippen LogP contribution in [0.15, 0.2) is 18.2 Å². The molecule has 0 heterocycles. The Hall–Kier alpha value is -1.36. The van der Waals surface area contributed by atoms with Gasteiger partial charge in [0.25, 0.3) is 0 Å². The van der Waals surface area contributed by atoms with Crippen LogP contribution in [0.4, 0.5) is 11.4 Å². The van der Waals surface area contributed by atoms with Crippen LogP contribution >= 0.6 is 11.8 Å². The van der Waals surface area contributed by atoms with Crippen LogP contribution in [-0.2, 0) is 4.74 Å². The van der Waals surface area contributed by atoms with E-state index in [-0.39, 0.29) is 5.97 Å². The fourth-order valence-corrected chi connectivity index (χ4v) is 2.57. The summed E-state index contributed by atoms with van der Waals surface area (Å²) in [5.74, 6) is 1.93. The van der Waals surface area contributed by atoms with Crippen molar-refractivity contribution in [3.8, 4) is 0 Å². The zero-order valence-electron chi connectivity index (χ0n) is 12.4. The molecular formula is C15H24N2O2S. The van der Waals surface area contributed by atoms with Gasteiger partial charge in [-0.05, 0) is 50.0 Å². The number of anilines is 2. The third-order valence-electron chi connectivity index (χ3n) is 2.87. The van der Waals surface area contributed by atoms with Crippen molar-refractivity contribution in [1.29, 1.82) is 0 Å². The number of benzene rings is 1. The van der Waals surface area contributed by atoms with E-state index in [1.165, 1.54) is 0 Å². The first-order valence-electron chi connectivity index (χ1n) is 6.99. The van der Waals surface area contributed by atoms with E-state index in [1.807, 2.05) is 11.8 Å². The Morgan fingerprint density at radius 1 is 1.45 bits per heavy atom. The normalized spacial score (nSPS) is 11.9. The summed E-state index contributed by atoms with van der Waals surface area (Å²) >= 11 is 1.92. The van der Waals surface area contributed by atoms with Gasteiger partial charge in [0.1, 0.15) is 0 Å². The average Bonchev–Trinajstić information content (AvgIpc) is 2.42. The van der Waals surface area contributed by atoms with Crippen LogP contribution in [0.2, 0.25) is 0 Å². The number of rotatable bonds is 8. The summed E-state index contributed by atoms with van der Waals surface area (Å²) in [6.07, 6.45) is 1.06. The molecule has 0 saturated heterocycles. The molecule has 4 nitrogen and oxygen atoms in total. The van der Waals surface area contributed by atoms with Crippen molar-refractivity contribution in [2.24, 2.45) is 0 Å². The first-order valence-corrected chi connectivity index (χ1v) is 8.14. The summed E-state index contributed by atoms with van der Waals surface area (Å²) in [7, 11) is 0. The van der Waals surface area contributed by atoms with E-state index >= 15 is 0 Å². The smallest absolute Gasteiger partial charge is 0.338 e. The lowest BCUT2D eigenvalue weighted by Gasteiger charge is -2.17. The predicted molar refractivity (Wildman–Crippen MR) is 87.5 cm³/mol. The lowest BCUT2D eigenvalue weighted by molar-refractivity contribution is 0.0526. The van der Waals surface area contributed by atoms with E-state index in [0.29, 0.717) is 23.9 Å². The van der Waals surface area contributed by atoms with Crippen LogP contribution in [0.25, 0.3) is 0 Å². The van der Waals surface area contributed by atoms with Gasteiger partial charge < -0.3 is 15.8 Å². The van der Waals surface area contributed by atoms with Crippen LogP contribution in [0, 0.1) is 0 Å². The van der Waals surface area contributed by atoms with Gasteiger partial charge >= 0.3 is 5.97 Å². The monoisotopic (exact) mass is 296 g/mol. The van der Waals surface area contributed by atoms with Gasteiger partial charge in [-0.2, -0.15) is 11.8 Å². The van der Waals surface area contributed by atoms with Crippen molar-refractivity contribution in [3.63, 3.8) is 0 Å². The van der Waals surface area contributed by atoms with Crippen LogP contribution in [0.3, 0.4) is 0 Å². The van der Waals surface area contributed by atoms with Crippen molar-refractivity contribution in [3.05, 3.63) is 23.8 Å². The van der Waals surface area contributed by atoms with E-state index < -0.39 is 0 Å². The lowest BCUT2D eigenvalue weighted by Crippen LogP contribution is -2.17. The maximum atomic E-state index is 11.7. The number of ether oxygens (including phenoxy) is 1. The van der Waals surface area contributed by atoms with E-state index in [2.05, 4.69) is 19.2 Å². The Morgan fingerprint density at radius 3 is 2.85 bits per heavy atom. The molecule has 0 saturated carbocycles. The molecule has 1 aromatic carbocycles. The largest absolute Gasteiger partial charge is 0.462 e. The highest BCUT2D eigenvalue weighted by Crippen LogP contribution is 2.22. The van der Waals surface area contributed by atoms with Crippen LogP contribution < -0.4 is 11.1 Å². The van der Waals surface area contributed by atoms with Crippen molar-refractivity contribution in [2.75, 3.05) is 29.2 Å². The first-order chi connectivity index (χ1) is 9.58. The SMILES string of the molecule is CCOC(=O)c1ccc(N)c(NC(C)CCSCC)c1. The molecule has 3 N–H and O–H groups in total. The average molecular weight is 296 g/mol. The molecular weight excluding hydrogens is 272 g/mol. The summed E-state index contributed by atoms with van der Waals surface area (Å²) in [4.78, 5) is 11.7. The number of carbonyl (C=O) groups is 1. The van der Waals surface area contributed by atoms with Gasteiger partial charge in [-0.15, -0.1) is 0 Å². The highest BCUT2D eigenvalue weighted by molar-refractivity contribution is 7.99. The van der Waals surface area contributed by atoms with Crippen molar-refractivity contribution in [1.82, 2.24) is 0 Å². The first kappa shape index (κ1) is 16.7. The molecule has 1 aromatic rings. The van der Waals surface area contributed by atoms with Gasteiger partial charge in [0.2, 0.25) is 0 Å². The number of nitrogen functional groups attached to an aromatic ring is 1. The predicted octanol–water partition coefficient (Wildman–Crippen LogP) is 3.39. The van der Waals surface area contributed by atoms with Gasteiger partial charge in [0.05, 0.1) is 23.5 Å². The molecule has 0 bridgehead atoms. The van der Waals surface area contributed by atoms with Gasteiger partial charge in [-0.3, -0.25) is 0 Å². The Labute approximate surface area is 125 Å². The molecule has 0 amide bonds. The Morgan fingerprint density at radius 2 is 2.20 bits per heavy atom. The molecule has 20 heavy (non-hydrogen) atoms. The molecule has 0 fully saturated rings. The fourth-order valence-electron chi connectivity index (χ4n) is 1.76. The number of thioether (sulfide) groups is 1. The summed E-state index contributed by atoms with van der Waals surface area (Å²) in [5.41, 5.74) is 7.92. The summed E-state index contributed by atoms with van der Waals surface area (Å²) in [6, 6.07) is 5.50. The second kappa shape index (κ2) is 8.74. The number of nitrogens with one attached hydrogen (secondary N) is 1. The summed E-state index contributed by atoms with van der Waals surface area (Å²) < 4.78 is 5.00. The van der Waals surface area contributed by atoms with E-state index in [0.717, 1.165) is 23.6 Å². The Kier molecular flexibility index (Phi) is 7.30. The maximum Gasteiger partial charge on any atom is 0.338 e. The molecule has 0 aliphatic carbocycles. The second-order valence-corrected chi connectivity index (χ2v) is 5.95. The van der Waals surface area contributed by atoms with E-state index in [4.69, 9.17) is 10.5 Å². The van der Waals surface area contributed by atoms with Crippen LogP contribution in [-0.4, -0.2) is 30.1 Å². The van der Waals surface area contributed by atoms with Gasteiger partial charge in [0.15, 0.2) is 0 Å². The van der Waals surface area contributed by atoms with Crippen molar-refractivity contribution < 1.29 is 9.53 Å². The van der Waals surface area contributed by atoms with Crippen molar-refractivity contribution >= 4 is 29.1 Å². The molecule has 1 rings (SSSR count). The van der Waals surface area contributed by atoms with Crippen molar-refractivity contribution in [2.45, 2.75) is 33.2 Å². The fraction of sp³-hybridized carbons (Fsp3) is 0.533. The van der Waals surface area contributed by atoms with E-state index in [9.17, 15) is 4.79 Å². The van der Waals surface area contributed by atoms with Gasteiger partial charge in [-0.1, -0.05) is 6.92 Å². The highest BCUT2D eigenvalue weighted by atomic mass is 32.2. The maximum absolute atomic E-state index is 11.7. The number of nitrogens with two attached hydrogens (primary N) is 1. The third-order valence-corrected chi connectivity index (χ3v) is 3.80. The minimum atomic E-state index is -0.315. The quantitative estimate of drug-likeness (QED) is 0.437. The molecule has 0 spiro atoms. The van der Waals surface area contributed by atoms with Gasteiger partial charge in [-0.25, -0.2) is 4.79 Å².